The Morgan fingerprint density at radius 3 is 2.60 bits per heavy atom. The molecular weight excluding hydrogens is 257 g/mol. The lowest BCUT2D eigenvalue weighted by atomic mass is 9.80. The highest BCUT2D eigenvalue weighted by Gasteiger charge is 2.27. The molecule has 2 N–H and O–H groups in total. The van der Waals surface area contributed by atoms with Gasteiger partial charge in [-0.1, -0.05) is 12.1 Å². The van der Waals surface area contributed by atoms with Gasteiger partial charge in [0.05, 0.1) is 6.04 Å². The van der Waals surface area contributed by atoms with Gasteiger partial charge in [0, 0.05) is 5.56 Å². The molecule has 2 aromatic rings. The predicted octanol–water partition coefficient (Wildman–Crippen LogP) is 0.183. The third-order valence-electron chi connectivity index (χ3n) is 3.70. The number of hydrogen-bond donors (Lipinski definition) is 2. The molecule has 1 aliphatic heterocycles. The third-order valence-corrected chi connectivity index (χ3v) is 3.70. The number of rotatable bonds is 3. The zero-order chi connectivity index (χ0) is 14.1. The Hall–Kier alpha value is -1.70. The van der Waals surface area contributed by atoms with Crippen LogP contribution in [0.1, 0.15) is 24.8 Å². The van der Waals surface area contributed by atoms with E-state index in [-0.39, 0.29) is 6.04 Å². The van der Waals surface area contributed by atoms with Gasteiger partial charge in [0.25, 0.3) is 0 Å². The fourth-order valence-corrected chi connectivity index (χ4v) is 2.51. The Labute approximate surface area is 117 Å². The van der Waals surface area contributed by atoms with Crippen LogP contribution < -0.4 is 5.46 Å². The average Bonchev–Trinajstić information content (AvgIpc) is 3.07. The molecule has 0 amide bonds. The molecule has 6 nitrogen and oxygen atoms in total. The van der Waals surface area contributed by atoms with Crippen LogP contribution in [0.15, 0.2) is 28.7 Å². The van der Waals surface area contributed by atoms with Crippen molar-refractivity contribution in [3.05, 3.63) is 30.2 Å². The van der Waals surface area contributed by atoms with Crippen LogP contribution >= 0.6 is 0 Å². The minimum absolute atomic E-state index is 0.204. The van der Waals surface area contributed by atoms with Gasteiger partial charge in [0.1, 0.15) is 0 Å². The van der Waals surface area contributed by atoms with Crippen LogP contribution in [-0.4, -0.2) is 45.9 Å². The van der Waals surface area contributed by atoms with E-state index in [2.05, 4.69) is 22.1 Å². The second-order valence-electron chi connectivity index (χ2n) is 5.08. The van der Waals surface area contributed by atoms with Gasteiger partial charge in [0.2, 0.25) is 11.8 Å². The van der Waals surface area contributed by atoms with Crippen LogP contribution in [0.2, 0.25) is 0 Å². The molecule has 1 atom stereocenters. The fourth-order valence-electron chi connectivity index (χ4n) is 2.51. The van der Waals surface area contributed by atoms with Crippen molar-refractivity contribution in [2.75, 3.05) is 13.6 Å². The number of nitrogens with zero attached hydrogens (tertiary/aromatic N) is 3. The first-order valence-corrected chi connectivity index (χ1v) is 6.65. The number of likely N-dealkylation sites (tertiary alicyclic amines) is 1. The van der Waals surface area contributed by atoms with E-state index in [9.17, 15) is 0 Å². The first kappa shape index (κ1) is 13.3. The highest BCUT2D eigenvalue weighted by Crippen LogP contribution is 2.30. The van der Waals surface area contributed by atoms with Crippen LogP contribution in [0.25, 0.3) is 11.5 Å². The van der Waals surface area contributed by atoms with Crippen molar-refractivity contribution in [1.82, 2.24) is 15.1 Å². The minimum atomic E-state index is -1.46. The lowest BCUT2D eigenvalue weighted by molar-refractivity contribution is 0.269. The maximum atomic E-state index is 9.06. The van der Waals surface area contributed by atoms with E-state index in [0.29, 0.717) is 17.2 Å². The van der Waals surface area contributed by atoms with Gasteiger partial charge in [0.15, 0.2) is 0 Å². The number of hydrogen-bond acceptors (Lipinski definition) is 6. The molecule has 0 aliphatic carbocycles. The summed E-state index contributed by atoms with van der Waals surface area (Å²) in [6.07, 6.45) is 2.18. The largest absolute Gasteiger partial charge is 0.488 e. The predicted molar refractivity (Wildman–Crippen MR) is 74.2 cm³/mol. The summed E-state index contributed by atoms with van der Waals surface area (Å²) in [7, 11) is 0.591. The smallest absolute Gasteiger partial charge is 0.423 e. The van der Waals surface area contributed by atoms with Crippen molar-refractivity contribution in [1.29, 1.82) is 0 Å². The van der Waals surface area contributed by atoms with Crippen LogP contribution in [0.5, 0.6) is 0 Å². The van der Waals surface area contributed by atoms with E-state index in [1.807, 2.05) is 0 Å². The van der Waals surface area contributed by atoms with Crippen molar-refractivity contribution < 1.29 is 14.5 Å². The molecule has 0 bridgehead atoms. The van der Waals surface area contributed by atoms with Gasteiger partial charge in [-0.25, -0.2) is 0 Å². The van der Waals surface area contributed by atoms with Gasteiger partial charge in [-0.05, 0) is 44.0 Å². The van der Waals surface area contributed by atoms with E-state index in [1.165, 1.54) is 0 Å². The lowest BCUT2D eigenvalue weighted by Gasteiger charge is -2.14. The molecule has 1 saturated heterocycles. The zero-order valence-electron chi connectivity index (χ0n) is 11.2. The van der Waals surface area contributed by atoms with Gasteiger partial charge >= 0.3 is 7.12 Å². The summed E-state index contributed by atoms with van der Waals surface area (Å²) in [6.45, 7) is 1.05. The average molecular weight is 273 g/mol. The zero-order valence-corrected chi connectivity index (χ0v) is 11.2. The minimum Gasteiger partial charge on any atom is -0.423 e. The normalized spacial score (nSPS) is 19.4. The SMILES string of the molecule is CN1CCC[C@H]1c1nnc(-c2ccc(B(O)O)cc2)o1. The highest BCUT2D eigenvalue weighted by molar-refractivity contribution is 6.58. The Morgan fingerprint density at radius 1 is 1.25 bits per heavy atom. The number of benzene rings is 1. The molecule has 7 heteroatoms. The molecule has 1 aromatic carbocycles. The fraction of sp³-hybridized carbons (Fsp3) is 0.385. The summed E-state index contributed by atoms with van der Waals surface area (Å²) in [5.41, 5.74) is 1.21. The Balaban J connectivity index is 1.82. The molecule has 0 radical (unpaired) electrons. The molecule has 1 aliphatic rings. The Bertz CT molecular complexity index is 585. The van der Waals surface area contributed by atoms with Crippen LogP contribution in [0.4, 0.5) is 0 Å². The molecule has 1 aromatic heterocycles. The van der Waals surface area contributed by atoms with Gasteiger partial charge in [-0.3, -0.25) is 4.90 Å². The quantitative estimate of drug-likeness (QED) is 0.776. The third kappa shape index (κ3) is 2.47. The summed E-state index contributed by atoms with van der Waals surface area (Å²) < 4.78 is 5.74. The van der Waals surface area contributed by atoms with Crippen molar-refractivity contribution >= 4 is 12.6 Å². The molecule has 0 saturated carbocycles. The molecule has 1 fully saturated rings. The maximum Gasteiger partial charge on any atom is 0.488 e. The summed E-state index contributed by atoms with van der Waals surface area (Å²) in [6, 6.07) is 6.95. The molecule has 0 unspecified atom stereocenters. The van der Waals surface area contributed by atoms with Crippen molar-refractivity contribution in [2.45, 2.75) is 18.9 Å². The van der Waals surface area contributed by atoms with Crippen LogP contribution in [0, 0.1) is 0 Å². The molecule has 3 rings (SSSR count). The van der Waals surface area contributed by atoms with Crippen molar-refractivity contribution in [3.63, 3.8) is 0 Å². The molecule has 2 heterocycles. The monoisotopic (exact) mass is 273 g/mol. The Morgan fingerprint density at radius 2 is 2.00 bits per heavy atom. The van der Waals surface area contributed by atoms with Crippen molar-refractivity contribution in [3.8, 4) is 11.5 Å². The van der Waals surface area contributed by atoms with E-state index < -0.39 is 7.12 Å². The Kier molecular flexibility index (Phi) is 3.56. The second-order valence-corrected chi connectivity index (χ2v) is 5.08. The first-order valence-electron chi connectivity index (χ1n) is 6.65. The molecule has 0 spiro atoms. The van der Waals surface area contributed by atoms with E-state index in [0.717, 1.165) is 24.9 Å². The highest BCUT2D eigenvalue weighted by atomic mass is 16.4. The summed E-state index contributed by atoms with van der Waals surface area (Å²) in [4.78, 5) is 2.21. The summed E-state index contributed by atoms with van der Waals surface area (Å²) >= 11 is 0. The van der Waals surface area contributed by atoms with Crippen LogP contribution in [-0.2, 0) is 0 Å². The van der Waals surface area contributed by atoms with E-state index >= 15 is 0 Å². The van der Waals surface area contributed by atoms with Crippen LogP contribution in [0.3, 0.4) is 0 Å². The van der Waals surface area contributed by atoms with E-state index in [4.69, 9.17) is 14.5 Å². The standard InChI is InChI=1S/C13H16BN3O3/c1-17-8-2-3-11(17)13-16-15-12(20-13)9-4-6-10(7-5-9)14(18)19/h4-7,11,18-19H,2-3,8H2,1H3/t11-/m0/s1. The first-order chi connectivity index (χ1) is 9.65. The van der Waals surface area contributed by atoms with Crippen molar-refractivity contribution in [2.24, 2.45) is 0 Å². The summed E-state index contributed by atoms with van der Waals surface area (Å²) in [5, 5.41) is 26.3. The molecule has 20 heavy (non-hydrogen) atoms. The van der Waals surface area contributed by atoms with E-state index in [1.54, 1.807) is 24.3 Å². The number of aromatic nitrogens is 2. The maximum absolute atomic E-state index is 9.06. The summed E-state index contributed by atoms with van der Waals surface area (Å²) in [5.74, 6) is 1.10. The van der Waals surface area contributed by atoms with Gasteiger partial charge < -0.3 is 14.5 Å². The van der Waals surface area contributed by atoms with Gasteiger partial charge in [-0.2, -0.15) is 0 Å². The second kappa shape index (κ2) is 5.36. The van der Waals surface area contributed by atoms with Gasteiger partial charge in [-0.15, -0.1) is 10.2 Å². The molecule has 104 valence electrons. The molecular formula is C13H16BN3O3. The topological polar surface area (TPSA) is 82.6 Å². The lowest BCUT2D eigenvalue weighted by Crippen LogP contribution is -2.29.